The fourth-order valence-corrected chi connectivity index (χ4v) is 6.22. The van der Waals surface area contributed by atoms with E-state index in [1.54, 1.807) is 6.92 Å². The molecule has 1 aliphatic carbocycles. The van der Waals surface area contributed by atoms with Crippen LogP contribution in [0.15, 0.2) is 48.5 Å². The number of thioether (sulfide) groups is 1. The number of hydrogen-bond acceptors (Lipinski definition) is 5. The maximum absolute atomic E-state index is 13.1. The number of carbonyl (C=O) groups excluding carboxylic acids is 2. The van der Waals surface area contributed by atoms with E-state index in [4.69, 9.17) is 4.74 Å². The van der Waals surface area contributed by atoms with Gasteiger partial charge in [0, 0.05) is 18.2 Å². The summed E-state index contributed by atoms with van der Waals surface area (Å²) in [5, 5.41) is 12.0. The van der Waals surface area contributed by atoms with Crippen molar-refractivity contribution in [1.82, 2.24) is 10.2 Å². The average molecular weight is 483 g/mol. The Morgan fingerprint density at radius 1 is 1.06 bits per heavy atom. The number of carbonyl (C=O) groups is 3. The summed E-state index contributed by atoms with van der Waals surface area (Å²) in [5.41, 5.74) is 4.57. The molecule has 1 aliphatic heterocycles. The molecule has 2 aromatic carbocycles. The van der Waals surface area contributed by atoms with Gasteiger partial charge in [0.25, 0.3) is 0 Å². The van der Waals surface area contributed by atoms with Gasteiger partial charge in [-0.05, 0) is 28.2 Å². The molecule has 1 fully saturated rings. The van der Waals surface area contributed by atoms with E-state index >= 15 is 0 Å². The second-order valence-electron chi connectivity index (χ2n) is 9.17. The zero-order valence-corrected chi connectivity index (χ0v) is 20.4. The van der Waals surface area contributed by atoms with Gasteiger partial charge >= 0.3 is 12.1 Å². The number of rotatable bonds is 7. The Morgan fingerprint density at radius 3 is 2.21 bits per heavy atom. The fraction of sp³-hybridized carbons (Fsp3) is 0.423. The molecule has 2 N–H and O–H groups in total. The zero-order valence-electron chi connectivity index (χ0n) is 19.6. The standard InChI is InChI=1S/C26H30N2O5S/c1-15(2)24-28(22(14-34-24)25(30)31)23(29)16(3)12-27-26(32)33-13-21-19-10-6-4-8-17(19)18-9-5-7-11-20(18)21/h4-11,15-16,21-22,24H,12-14H2,1-3H3,(H,27,32)(H,30,31). The van der Waals surface area contributed by atoms with Crippen molar-refractivity contribution in [2.75, 3.05) is 18.9 Å². The Balaban J connectivity index is 1.35. The summed E-state index contributed by atoms with van der Waals surface area (Å²) in [6.45, 7) is 5.92. The first-order valence-electron chi connectivity index (χ1n) is 11.5. The predicted molar refractivity (Wildman–Crippen MR) is 132 cm³/mol. The van der Waals surface area contributed by atoms with Crippen LogP contribution in [0.3, 0.4) is 0 Å². The van der Waals surface area contributed by atoms with Crippen LogP contribution in [0.2, 0.25) is 0 Å². The fourth-order valence-electron chi connectivity index (χ4n) is 4.74. The normalized spacial score (nSPS) is 20.1. The van der Waals surface area contributed by atoms with Gasteiger partial charge in [-0.15, -0.1) is 11.8 Å². The Kier molecular flexibility index (Phi) is 7.16. The van der Waals surface area contributed by atoms with Crippen molar-refractivity contribution < 1.29 is 24.2 Å². The molecule has 34 heavy (non-hydrogen) atoms. The number of benzene rings is 2. The number of alkyl carbamates (subject to hydrolysis) is 1. The highest BCUT2D eigenvalue weighted by Gasteiger charge is 2.44. The molecule has 3 atom stereocenters. The minimum absolute atomic E-state index is 0.0399. The maximum Gasteiger partial charge on any atom is 0.407 e. The highest BCUT2D eigenvalue weighted by Crippen LogP contribution is 2.44. The highest BCUT2D eigenvalue weighted by atomic mass is 32.2. The molecule has 3 unspecified atom stereocenters. The number of nitrogens with one attached hydrogen (secondary N) is 1. The van der Waals surface area contributed by atoms with Crippen molar-refractivity contribution >= 4 is 29.7 Å². The number of amides is 2. The molecule has 0 spiro atoms. The van der Waals surface area contributed by atoms with Crippen molar-refractivity contribution in [1.29, 1.82) is 0 Å². The van der Waals surface area contributed by atoms with Gasteiger partial charge in [-0.1, -0.05) is 69.3 Å². The van der Waals surface area contributed by atoms with Crippen LogP contribution in [0.5, 0.6) is 0 Å². The summed E-state index contributed by atoms with van der Waals surface area (Å²) >= 11 is 1.49. The highest BCUT2D eigenvalue weighted by molar-refractivity contribution is 8.00. The van der Waals surface area contributed by atoms with Gasteiger partial charge in [0.15, 0.2) is 0 Å². The van der Waals surface area contributed by atoms with Crippen molar-refractivity contribution in [3.8, 4) is 11.1 Å². The van der Waals surface area contributed by atoms with Gasteiger partial charge < -0.3 is 20.1 Å². The number of carboxylic acids is 1. The average Bonchev–Trinajstić information content (AvgIpc) is 3.41. The molecule has 1 saturated heterocycles. The van der Waals surface area contributed by atoms with Gasteiger partial charge in [0.1, 0.15) is 12.6 Å². The largest absolute Gasteiger partial charge is 0.480 e. The van der Waals surface area contributed by atoms with E-state index in [2.05, 4.69) is 29.6 Å². The van der Waals surface area contributed by atoms with Crippen LogP contribution in [0.25, 0.3) is 11.1 Å². The molecule has 4 rings (SSSR count). The number of nitrogens with zero attached hydrogens (tertiary/aromatic N) is 1. The van der Waals surface area contributed by atoms with E-state index in [0.29, 0.717) is 5.75 Å². The number of carboxylic acid groups (broad SMARTS) is 1. The molecular formula is C26H30N2O5S. The van der Waals surface area contributed by atoms with Gasteiger partial charge in [-0.3, -0.25) is 4.79 Å². The molecule has 0 aromatic heterocycles. The van der Waals surface area contributed by atoms with Crippen LogP contribution in [0.4, 0.5) is 4.79 Å². The third-order valence-corrected chi connectivity index (χ3v) is 8.08. The number of hydrogen-bond donors (Lipinski definition) is 2. The van der Waals surface area contributed by atoms with E-state index in [1.165, 1.54) is 16.7 Å². The summed E-state index contributed by atoms with van der Waals surface area (Å²) < 4.78 is 5.54. The van der Waals surface area contributed by atoms with E-state index in [1.807, 2.05) is 38.1 Å². The number of ether oxygens (including phenoxy) is 1. The lowest BCUT2D eigenvalue weighted by molar-refractivity contribution is -0.151. The lowest BCUT2D eigenvalue weighted by atomic mass is 9.98. The van der Waals surface area contributed by atoms with Crippen LogP contribution in [-0.2, 0) is 14.3 Å². The van der Waals surface area contributed by atoms with Crippen LogP contribution in [-0.4, -0.2) is 58.3 Å². The molecule has 1 heterocycles. The van der Waals surface area contributed by atoms with Crippen LogP contribution >= 0.6 is 11.8 Å². The molecule has 2 amide bonds. The summed E-state index contributed by atoms with van der Waals surface area (Å²) in [6.07, 6.45) is -0.590. The Bertz CT molecular complexity index is 1040. The van der Waals surface area contributed by atoms with Crippen LogP contribution in [0, 0.1) is 11.8 Å². The van der Waals surface area contributed by atoms with E-state index in [9.17, 15) is 19.5 Å². The smallest absolute Gasteiger partial charge is 0.407 e. The zero-order chi connectivity index (χ0) is 24.4. The SMILES string of the molecule is CC(CNC(=O)OCC1c2ccccc2-c2ccccc21)C(=O)N1C(C(=O)O)CSC1C(C)C. The molecule has 7 nitrogen and oxygen atoms in total. The first-order valence-corrected chi connectivity index (χ1v) is 12.6. The predicted octanol–water partition coefficient (Wildman–Crippen LogP) is 4.17. The van der Waals surface area contributed by atoms with Crippen molar-refractivity contribution in [3.05, 3.63) is 59.7 Å². The molecule has 0 saturated carbocycles. The van der Waals surface area contributed by atoms with Gasteiger partial charge in [0.05, 0.1) is 11.3 Å². The first-order chi connectivity index (χ1) is 16.3. The molecule has 0 radical (unpaired) electrons. The summed E-state index contributed by atoms with van der Waals surface area (Å²) in [6, 6.07) is 15.4. The minimum atomic E-state index is -0.999. The summed E-state index contributed by atoms with van der Waals surface area (Å²) in [5.74, 6) is -1.38. The van der Waals surface area contributed by atoms with Crippen LogP contribution in [0.1, 0.15) is 37.8 Å². The molecule has 180 valence electrons. The third-order valence-electron chi connectivity index (χ3n) is 6.46. The van der Waals surface area contributed by atoms with Crippen molar-refractivity contribution in [3.63, 3.8) is 0 Å². The minimum Gasteiger partial charge on any atom is -0.480 e. The van der Waals surface area contributed by atoms with E-state index in [0.717, 1.165) is 22.3 Å². The molecule has 2 aromatic rings. The molecule has 8 heteroatoms. The Labute approximate surface area is 203 Å². The Morgan fingerprint density at radius 2 is 1.65 bits per heavy atom. The lowest BCUT2D eigenvalue weighted by Gasteiger charge is -2.32. The van der Waals surface area contributed by atoms with Gasteiger partial charge in [-0.25, -0.2) is 9.59 Å². The molecular weight excluding hydrogens is 452 g/mol. The second kappa shape index (κ2) is 10.1. The maximum atomic E-state index is 13.1. The lowest BCUT2D eigenvalue weighted by Crippen LogP contribution is -2.50. The monoisotopic (exact) mass is 482 g/mol. The topological polar surface area (TPSA) is 95.9 Å². The number of fused-ring (bicyclic) bond motifs is 3. The Hall–Kier alpha value is -3.00. The molecule has 0 bridgehead atoms. The van der Waals surface area contributed by atoms with Crippen molar-refractivity contribution in [2.24, 2.45) is 11.8 Å². The quantitative estimate of drug-likeness (QED) is 0.615. The van der Waals surface area contributed by atoms with E-state index in [-0.39, 0.29) is 36.3 Å². The molecule has 2 aliphatic rings. The first kappa shape index (κ1) is 24.1. The second-order valence-corrected chi connectivity index (χ2v) is 10.3. The van der Waals surface area contributed by atoms with Crippen LogP contribution < -0.4 is 5.32 Å². The summed E-state index contributed by atoms with van der Waals surface area (Å²) in [4.78, 5) is 38.7. The summed E-state index contributed by atoms with van der Waals surface area (Å²) in [7, 11) is 0. The van der Waals surface area contributed by atoms with E-state index < -0.39 is 24.0 Å². The van der Waals surface area contributed by atoms with Gasteiger partial charge in [0.2, 0.25) is 5.91 Å². The number of aliphatic carboxylic acids is 1. The van der Waals surface area contributed by atoms with Crippen molar-refractivity contribution in [2.45, 2.75) is 38.1 Å². The third kappa shape index (κ3) is 4.64. The van der Waals surface area contributed by atoms with Gasteiger partial charge in [-0.2, -0.15) is 0 Å².